The molecule has 2 aromatic carbocycles. The van der Waals surface area contributed by atoms with Crippen molar-refractivity contribution >= 4 is 23.4 Å². The lowest BCUT2D eigenvalue weighted by atomic mass is 9.95. The monoisotopic (exact) mass is 430 g/mol. The molecule has 0 N–H and O–H groups in total. The van der Waals surface area contributed by atoms with E-state index in [9.17, 15) is 14.4 Å². The number of furan rings is 1. The highest BCUT2D eigenvalue weighted by molar-refractivity contribution is 6.22. The van der Waals surface area contributed by atoms with Crippen LogP contribution < -0.4 is 9.64 Å². The minimum absolute atomic E-state index is 0.0542. The summed E-state index contributed by atoms with van der Waals surface area (Å²) >= 11 is 0. The number of benzene rings is 2. The van der Waals surface area contributed by atoms with Crippen molar-refractivity contribution in [3.8, 4) is 5.75 Å². The third-order valence-electron chi connectivity index (χ3n) is 6.14. The van der Waals surface area contributed by atoms with E-state index in [0.29, 0.717) is 29.2 Å². The van der Waals surface area contributed by atoms with Gasteiger partial charge in [-0.1, -0.05) is 6.07 Å². The van der Waals surface area contributed by atoms with Crippen molar-refractivity contribution in [2.24, 2.45) is 0 Å². The van der Waals surface area contributed by atoms with Gasteiger partial charge in [0.2, 0.25) is 0 Å². The molecular weight excluding hydrogens is 408 g/mol. The maximum absolute atomic E-state index is 13.5. The number of hydrogen-bond donors (Lipinski definition) is 0. The van der Waals surface area contributed by atoms with Gasteiger partial charge in [0, 0.05) is 12.1 Å². The van der Waals surface area contributed by atoms with E-state index < -0.39 is 5.91 Å². The number of anilines is 1. The fourth-order valence-electron chi connectivity index (χ4n) is 4.50. The second-order valence-corrected chi connectivity index (χ2v) is 8.01. The van der Waals surface area contributed by atoms with Crippen LogP contribution in [0.3, 0.4) is 0 Å². The fourth-order valence-corrected chi connectivity index (χ4v) is 4.50. The van der Waals surface area contributed by atoms with Crippen molar-refractivity contribution in [1.29, 1.82) is 0 Å². The lowest BCUT2D eigenvalue weighted by molar-refractivity contribution is 0.0631. The summed E-state index contributed by atoms with van der Waals surface area (Å²) in [7, 11) is 1.59. The maximum Gasteiger partial charge on any atom is 0.261 e. The zero-order valence-corrected chi connectivity index (χ0v) is 17.9. The van der Waals surface area contributed by atoms with Crippen molar-refractivity contribution in [3.63, 3.8) is 0 Å². The molecule has 0 spiro atoms. The van der Waals surface area contributed by atoms with Gasteiger partial charge in [-0.05, 0) is 67.3 Å². The number of aryl methyl sites for hydroxylation is 1. The van der Waals surface area contributed by atoms with Gasteiger partial charge in [-0.3, -0.25) is 19.3 Å². The number of nitrogens with zero attached hydrogens (tertiary/aromatic N) is 2. The minimum Gasteiger partial charge on any atom is -0.495 e. The molecule has 32 heavy (non-hydrogen) atoms. The molecule has 3 heterocycles. The lowest BCUT2D eigenvalue weighted by Gasteiger charge is -2.32. The van der Waals surface area contributed by atoms with Crippen molar-refractivity contribution in [2.75, 3.05) is 18.6 Å². The highest BCUT2D eigenvalue weighted by Gasteiger charge is 2.37. The van der Waals surface area contributed by atoms with Crippen LogP contribution in [0.2, 0.25) is 0 Å². The zero-order chi connectivity index (χ0) is 22.4. The van der Waals surface area contributed by atoms with Crippen molar-refractivity contribution in [3.05, 3.63) is 82.3 Å². The van der Waals surface area contributed by atoms with Gasteiger partial charge < -0.3 is 14.1 Å². The molecule has 3 aromatic rings. The number of carbonyl (C=O) groups excluding carboxylic acids is 3. The molecule has 0 unspecified atom stereocenters. The summed E-state index contributed by atoms with van der Waals surface area (Å²) in [5.74, 6) is 0.130. The second-order valence-electron chi connectivity index (χ2n) is 8.01. The van der Waals surface area contributed by atoms with Gasteiger partial charge in [0.15, 0.2) is 0 Å². The summed E-state index contributed by atoms with van der Waals surface area (Å²) < 4.78 is 10.8. The standard InChI is InChI=1S/C25H22N2O5/c1-15-7-10-21(31-2)22-18(15)6-3-11-26(22)23(28)16-8-9-19-20(13-16)25(30)27(24(19)29)14-17-5-4-12-32-17/h4-5,7-10,12-13H,3,6,11,14H2,1-2H3. The average molecular weight is 430 g/mol. The van der Waals surface area contributed by atoms with Gasteiger partial charge in [0.05, 0.1) is 36.7 Å². The van der Waals surface area contributed by atoms with Gasteiger partial charge in [0.1, 0.15) is 11.5 Å². The first-order chi connectivity index (χ1) is 15.5. The van der Waals surface area contributed by atoms with Crippen LogP contribution in [0.25, 0.3) is 0 Å². The SMILES string of the molecule is COc1ccc(C)c2c1N(C(=O)c1ccc3c(c1)C(=O)N(Cc1ccco1)C3=O)CCC2. The maximum atomic E-state index is 13.5. The van der Waals surface area contributed by atoms with Gasteiger partial charge in [-0.2, -0.15) is 0 Å². The number of ether oxygens (including phenoxy) is 1. The van der Waals surface area contributed by atoms with Crippen LogP contribution in [0.4, 0.5) is 5.69 Å². The Morgan fingerprint density at radius 3 is 2.66 bits per heavy atom. The van der Waals surface area contributed by atoms with E-state index in [0.717, 1.165) is 34.6 Å². The number of fused-ring (bicyclic) bond motifs is 2. The number of rotatable bonds is 4. The first kappa shape index (κ1) is 20.1. The molecule has 5 rings (SSSR count). The quantitative estimate of drug-likeness (QED) is 0.585. The summed E-state index contributed by atoms with van der Waals surface area (Å²) in [5, 5.41) is 0. The number of imide groups is 1. The van der Waals surface area contributed by atoms with Crippen LogP contribution in [0.1, 0.15) is 54.4 Å². The van der Waals surface area contributed by atoms with Gasteiger partial charge in [-0.25, -0.2) is 0 Å². The van der Waals surface area contributed by atoms with Crippen molar-refractivity contribution in [2.45, 2.75) is 26.3 Å². The number of hydrogen-bond acceptors (Lipinski definition) is 5. The molecule has 0 saturated heterocycles. The van der Waals surface area contributed by atoms with Crippen LogP contribution in [0.5, 0.6) is 5.75 Å². The fraction of sp³-hybridized carbons (Fsp3) is 0.240. The lowest BCUT2D eigenvalue weighted by Crippen LogP contribution is -2.36. The number of carbonyl (C=O) groups is 3. The minimum atomic E-state index is -0.427. The Morgan fingerprint density at radius 1 is 1.09 bits per heavy atom. The first-order valence-corrected chi connectivity index (χ1v) is 10.5. The zero-order valence-electron chi connectivity index (χ0n) is 17.9. The van der Waals surface area contributed by atoms with Crippen molar-refractivity contribution < 1.29 is 23.5 Å². The Kier molecular flexibility index (Phi) is 4.81. The van der Waals surface area contributed by atoms with Crippen LogP contribution in [-0.2, 0) is 13.0 Å². The van der Waals surface area contributed by atoms with E-state index in [2.05, 4.69) is 0 Å². The Balaban J connectivity index is 1.49. The molecule has 2 aliphatic rings. The average Bonchev–Trinajstić information content (AvgIpc) is 3.41. The molecule has 0 bridgehead atoms. The van der Waals surface area contributed by atoms with E-state index in [1.807, 2.05) is 19.1 Å². The predicted molar refractivity (Wildman–Crippen MR) is 117 cm³/mol. The van der Waals surface area contributed by atoms with E-state index in [1.54, 1.807) is 36.3 Å². The van der Waals surface area contributed by atoms with Crippen LogP contribution in [0.15, 0.2) is 53.1 Å². The molecule has 162 valence electrons. The highest BCUT2D eigenvalue weighted by Crippen LogP contribution is 2.39. The molecule has 7 nitrogen and oxygen atoms in total. The van der Waals surface area contributed by atoms with Crippen LogP contribution in [0, 0.1) is 6.92 Å². The van der Waals surface area contributed by atoms with Gasteiger partial charge >= 0.3 is 0 Å². The molecule has 1 aromatic heterocycles. The topological polar surface area (TPSA) is 80.1 Å². The molecule has 3 amide bonds. The summed E-state index contributed by atoms with van der Waals surface area (Å²) in [6.45, 7) is 2.64. The Labute approximate surface area is 185 Å². The molecule has 0 saturated carbocycles. The Morgan fingerprint density at radius 2 is 1.91 bits per heavy atom. The Hall–Kier alpha value is -3.87. The summed E-state index contributed by atoms with van der Waals surface area (Å²) in [6.07, 6.45) is 3.21. The van der Waals surface area contributed by atoms with E-state index in [4.69, 9.17) is 9.15 Å². The second kappa shape index (κ2) is 7.67. The summed E-state index contributed by atoms with van der Waals surface area (Å²) in [6, 6.07) is 12.0. The van der Waals surface area contributed by atoms with E-state index in [-0.39, 0.29) is 23.9 Å². The number of amides is 3. The van der Waals surface area contributed by atoms with Crippen LogP contribution >= 0.6 is 0 Å². The molecule has 0 fully saturated rings. The summed E-state index contributed by atoms with van der Waals surface area (Å²) in [5.41, 5.74) is 3.89. The van der Waals surface area contributed by atoms with Gasteiger partial charge in [0.25, 0.3) is 17.7 Å². The highest BCUT2D eigenvalue weighted by atomic mass is 16.5. The molecular formula is C25H22N2O5. The van der Waals surface area contributed by atoms with Crippen molar-refractivity contribution in [1.82, 2.24) is 4.90 Å². The predicted octanol–water partition coefficient (Wildman–Crippen LogP) is 3.99. The molecule has 7 heteroatoms. The largest absolute Gasteiger partial charge is 0.495 e. The van der Waals surface area contributed by atoms with E-state index in [1.165, 1.54) is 12.3 Å². The molecule has 0 atom stereocenters. The summed E-state index contributed by atoms with van der Waals surface area (Å²) in [4.78, 5) is 42.1. The smallest absolute Gasteiger partial charge is 0.261 e. The van der Waals surface area contributed by atoms with Gasteiger partial charge in [-0.15, -0.1) is 0 Å². The Bertz CT molecular complexity index is 1250. The third kappa shape index (κ3) is 3.09. The molecule has 0 radical (unpaired) electrons. The van der Waals surface area contributed by atoms with E-state index >= 15 is 0 Å². The van der Waals surface area contributed by atoms with Crippen LogP contribution in [-0.4, -0.2) is 36.3 Å². The molecule has 2 aliphatic heterocycles. The molecule has 0 aliphatic carbocycles. The number of methoxy groups -OCH3 is 1. The normalized spacial score (nSPS) is 15.1. The third-order valence-corrected chi connectivity index (χ3v) is 6.14. The first-order valence-electron chi connectivity index (χ1n) is 10.5.